The van der Waals surface area contributed by atoms with E-state index in [2.05, 4.69) is 9.88 Å². The fourth-order valence-electron chi connectivity index (χ4n) is 2.91. The summed E-state index contributed by atoms with van der Waals surface area (Å²) in [4.78, 5) is 20.9. The van der Waals surface area contributed by atoms with Crippen LogP contribution in [0.25, 0.3) is 0 Å². The molecule has 6 heteroatoms. The smallest absolute Gasteiger partial charge is 0.245 e. The van der Waals surface area contributed by atoms with Crippen molar-refractivity contribution in [1.29, 1.82) is 0 Å². The van der Waals surface area contributed by atoms with Gasteiger partial charge in [0.1, 0.15) is 6.04 Å². The molecule has 3 heterocycles. The van der Waals surface area contributed by atoms with Crippen LogP contribution in [0.15, 0.2) is 18.5 Å². The van der Waals surface area contributed by atoms with Crippen molar-refractivity contribution in [1.82, 2.24) is 9.88 Å². The van der Waals surface area contributed by atoms with Crippen LogP contribution in [0, 0.1) is 0 Å². The summed E-state index contributed by atoms with van der Waals surface area (Å²) in [6.07, 6.45) is 5.34. The number of aromatic nitrogens is 1. The Bertz CT molecular complexity index is 493. The lowest BCUT2D eigenvalue weighted by Crippen LogP contribution is -2.48. The maximum Gasteiger partial charge on any atom is 0.245 e. The molecule has 2 aliphatic heterocycles. The van der Waals surface area contributed by atoms with Gasteiger partial charge in [0.05, 0.1) is 10.7 Å². The largest absolute Gasteiger partial charge is 0.358 e. The Morgan fingerprint density at radius 3 is 2.90 bits per heavy atom. The Kier molecular flexibility index (Phi) is 4.36. The number of rotatable bonds is 2. The molecule has 2 aliphatic rings. The highest BCUT2D eigenvalue weighted by Gasteiger charge is 2.35. The molecule has 1 aromatic heterocycles. The van der Waals surface area contributed by atoms with Gasteiger partial charge in [-0.3, -0.25) is 9.78 Å². The maximum absolute atomic E-state index is 12.7. The fraction of sp³-hybridized carbons (Fsp3) is 0.571. The number of hydrogen-bond donors (Lipinski definition) is 0. The van der Waals surface area contributed by atoms with Gasteiger partial charge < -0.3 is 9.80 Å². The Labute approximate surface area is 128 Å². The first-order valence-electron chi connectivity index (χ1n) is 7.00. The van der Waals surface area contributed by atoms with Gasteiger partial charge >= 0.3 is 0 Å². The van der Waals surface area contributed by atoms with Crippen LogP contribution < -0.4 is 4.90 Å². The van der Waals surface area contributed by atoms with E-state index in [1.807, 2.05) is 22.7 Å². The van der Waals surface area contributed by atoms with Crippen molar-refractivity contribution >= 4 is 35.0 Å². The quantitative estimate of drug-likeness (QED) is 0.839. The molecule has 0 spiro atoms. The molecule has 0 N–H and O–H groups in total. The zero-order chi connectivity index (χ0) is 13.9. The van der Waals surface area contributed by atoms with Gasteiger partial charge in [0, 0.05) is 43.5 Å². The molecule has 20 heavy (non-hydrogen) atoms. The highest BCUT2D eigenvalue weighted by Crippen LogP contribution is 2.32. The molecule has 0 aromatic carbocycles. The van der Waals surface area contributed by atoms with Gasteiger partial charge in [0.2, 0.25) is 5.91 Å². The number of halogens is 1. The lowest BCUT2D eigenvalue weighted by atomic mass is 10.1. The van der Waals surface area contributed by atoms with E-state index in [0.717, 1.165) is 49.7 Å². The number of amides is 1. The third kappa shape index (κ3) is 2.74. The number of carbonyl (C=O) groups excluding carboxylic acids is 1. The minimum Gasteiger partial charge on any atom is -0.358 e. The third-order valence-electron chi connectivity index (χ3n) is 3.92. The maximum atomic E-state index is 12.7. The summed E-state index contributed by atoms with van der Waals surface area (Å²) < 4.78 is 0. The van der Waals surface area contributed by atoms with E-state index in [1.165, 1.54) is 0 Å². The van der Waals surface area contributed by atoms with E-state index in [4.69, 9.17) is 11.6 Å². The van der Waals surface area contributed by atoms with Crippen LogP contribution in [0.4, 0.5) is 5.69 Å². The second-order valence-electron chi connectivity index (χ2n) is 5.12. The molecular weight excluding hydrogens is 294 g/mol. The van der Waals surface area contributed by atoms with Crippen LogP contribution >= 0.6 is 23.4 Å². The number of pyridine rings is 1. The van der Waals surface area contributed by atoms with Gasteiger partial charge in [-0.05, 0) is 18.9 Å². The van der Waals surface area contributed by atoms with Gasteiger partial charge in [0.25, 0.3) is 0 Å². The number of thioether (sulfide) groups is 1. The minimum atomic E-state index is -0.0574. The molecule has 0 aliphatic carbocycles. The molecular formula is C14H18ClN3OS. The van der Waals surface area contributed by atoms with Crippen molar-refractivity contribution in [2.75, 3.05) is 36.0 Å². The normalized spacial score (nSPS) is 23.1. The second kappa shape index (κ2) is 6.22. The zero-order valence-corrected chi connectivity index (χ0v) is 12.9. The average Bonchev–Trinajstić information content (AvgIpc) is 2.97. The van der Waals surface area contributed by atoms with Crippen LogP contribution in [0.2, 0.25) is 5.02 Å². The van der Waals surface area contributed by atoms with E-state index >= 15 is 0 Å². The molecule has 0 radical (unpaired) electrons. The molecule has 1 amide bonds. The lowest BCUT2D eigenvalue weighted by molar-refractivity contribution is -0.132. The van der Waals surface area contributed by atoms with Crippen molar-refractivity contribution < 1.29 is 4.79 Å². The molecule has 108 valence electrons. The molecule has 3 rings (SSSR count). The average molecular weight is 312 g/mol. The summed E-state index contributed by atoms with van der Waals surface area (Å²) in [6, 6.07) is 1.85. The van der Waals surface area contributed by atoms with Crippen molar-refractivity contribution in [3.05, 3.63) is 23.5 Å². The van der Waals surface area contributed by atoms with E-state index in [1.54, 1.807) is 12.4 Å². The van der Waals surface area contributed by atoms with Gasteiger partial charge in [-0.25, -0.2) is 0 Å². The van der Waals surface area contributed by atoms with Crippen LogP contribution in [-0.4, -0.2) is 53.0 Å². The fourth-order valence-corrected chi connectivity index (χ4v) is 4.04. The van der Waals surface area contributed by atoms with Crippen LogP contribution in [-0.2, 0) is 4.79 Å². The minimum absolute atomic E-state index is 0.0574. The van der Waals surface area contributed by atoms with Crippen molar-refractivity contribution in [3.8, 4) is 0 Å². The topological polar surface area (TPSA) is 36.4 Å². The standard InChI is InChI=1S/C14H18ClN3OS/c15-11-10-16-4-3-12(11)18-5-1-2-13(18)14(19)17-6-8-20-9-7-17/h3-4,10,13H,1-2,5-9H2/t13-/m0/s1. The van der Waals surface area contributed by atoms with Crippen molar-refractivity contribution in [2.45, 2.75) is 18.9 Å². The first-order chi connectivity index (χ1) is 9.77. The second-order valence-corrected chi connectivity index (χ2v) is 6.75. The Hall–Kier alpha value is -0.940. The molecule has 1 aromatic rings. The lowest BCUT2D eigenvalue weighted by Gasteiger charge is -2.33. The molecule has 4 nitrogen and oxygen atoms in total. The van der Waals surface area contributed by atoms with E-state index in [0.29, 0.717) is 5.02 Å². The van der Waals surface area contributed by atoms with Gasteiger partial charge in [-0.15, -0.1) is 0 Å². The first-order valence-corrected chi connectivity index (χ1v) is 8.53. The number of anilines is 1. The van der Waals surface area contributed by atoms with Gasteiger partial charge in [-0.2, -0.15) is 11.8 Å². The highest BCUT2D eigenvalue weighted by atomic mass is 35.5. The number of hydrogen-bond acceptors (Lipinski definition) is 4. The predicted molar refractivity (Wildman–Crippen MR) is 83.5 cm³/mol. The third-order valence-corrected chi connectivity index (χ3v) is 5.15. The zero-order valence-electron chi connectivity index (χ0n) is 11.3. The Morgan fingerprint density at radius 2 is 2.15 bits per heavy atom. The highest BCUT2D eigenvalue weighted by molar-refractivity contribution is 7.99. The molecule has 0 saturated carbocycles. The molecule has 2 saturated heterocycles. The summed E-state index contributed by atoms with van der Waals surface area (Å²) in [7, 11) is 0. The van der Waals surface area contributed by atoms with Crippen molar-refractivity contribution in [2.24, 2.45) is 0 Å². The molecule has 0 unspecified atom stereocenters. The monoisotopic (exact) mass is 311 g/mol. The molecule has 0 bridgehead atoms. The number of carbonyl (C=O) groups is 1. The number of nitrogens with zero attached hydrogens (tertiary/aromatic N) is 3. The van der Waals surface area contributed by atoms with Gasteiger partial charge in [-0.1, -0.05) is 11.6 Å². The van der Waals surface area contributed by atoms with Crippen LogP contribution in [0.3, 0.4) is 0 Å². The first kappa shape index (κ1) is 14.0. The SMILES string of the molecule is O=C([C@@H]1CCCN1c1ccncc1Cl)N1CCSCC1. The van der Waals surface area contributed by atoms with Crippen LogP contribution in [0.5, 0.6) is 0 Å². The Balaban J connectivity index is 1.78. The Morgan fingerprint density at radius 1 is 1.35 bits per heavy atom. The summed E-state index contributed by atoms with van der Waals surface area (Å²) in [5.41, 5.74) is 0.934. The molecule has 2 fully saturated rings. The van der Waals surface area contributed by atoms with E-state index in [-0.39, 0.29) is 11.9 Å². The molecule has 1 atom stereocenters. The summed E-state index contributed by atoms with van der Waals surface area (Å²) in [5, 5.41) is 0.626. The van der Waals surface area contributed by atoms with Crippen molar-refractivity contribution in [3.63, 3.8) is 0 Å². The summed E-state index contributed by atoms with van der Waals surface area (Å²) >= 11 is 8.15. The van der Waals surface area contributed by atoms with Crippen LogP contribution in [0.1, 0.15) is 12.8 Å². The van der Waals surface area contributed by atoms with Gasteiger partial charge in [0.15, 0.2) is 0 Å². The summed E-state index contributed by atoms with van der Waals surface area (Å²) in [6.45, 7) is 2.64. The van der Waals surface area contributed by atoms with E-state index < -0.39 is 0 Å². The van der Waals surface area contributed by atoms with E-state index in [9.17, 15) is 4.79 Å². The summed E-state index contributed by atoms with van der Waals surface area (Å²) in [5.74, 6) is 2.36. The predicted octanol–water partition coefficient (Wildman–Crippen LogP) is 2.28.